The second kappa shape index (κ2) is 10.5. The lowest BCUT2D eigenvalue weighted by Crippen LogP contribution is -2.52. The maximum atomic E-state index is 6.68. The molecule has 196 valence electrons. The number of fused-ring (bicyclic) bond motifs is 5. The predicted molar refractivity (Wildman–Crippen MR) is 141 cm³/mol. The van der Waals surface area contributed by atoms with Gasteiger partial charge in [-0.25, -0.2) is 0 Å². The minimum absolute atomic E-state index is 0.0175. The summed E-state index contributed by atoms with van der Waals surface area (Å²) in [5.41, 5.74) is 2.14. The second-order valence-corrected chi connectivity index (χ2v) is 13.0. The van der Waals surface area contributed by atoms with Crippen molar-refractivity contribution in [2.24, 2.45) is 28.6 Å². The lowest BCUT2D eigenvalue weighted by Gasteiger charge is -2.58. The first-order valence-corrected chi connectivity index (χ1v) is 15.6. The molecule has 0 aromatic rings. The van der Waals surface area contributed by atoms with Crippen LogP contribution >= 0.6 is 15.9 Å². The average Bonchev–Trinajstić information content (AvgIpc) is 3.21. The molecule has 6 aliphatic rings. The molecule has 0 aromatic heterocycles. The molecule has 5 fully saturated rings. The highest BCUT2D eigenvalue weighted by molar-refractivity contribution is 9.11. The Morgan fingerprint density at radius 3 is 2.37 bits per heavy atom. The second-order valence-electron chi connectivity index (χ2n) is 12.5. The maximum Gasteiger partial charge on any atom is 0.157 e. The Balaban J connectivity index is 1.18. The molecule has 0 spiro atoms. The van der Waals surface area contributed by atoms with Gasteiger partial charge in [0.1, 0.15) is 0 Å². The van der Waals surface area contributed by atoms with Crippen molar-refractivity contribution in [3.05, 3.63) is 22.7 Å². The van der Waals surface area contributed by atoms with E-state index in [4.69, 9.17) is 18.9 Å². The van der Waals surface area contributed by atoms with Gasteiger partial charge in [0.15, 0.2) is 12.6 Å². The lowest BCUT2D eigenvalue weighted by molar-refractivity contribution is -0.215. The molecule has 0 bridgehead atoms. The van der Waals surface area contributed by atoms with Crippen LogP contribution in [0.5, 0.6) is 0 Å². The summed E-state index contributed by atoms with van der Waals surface area (Å²) in [4.78, 5) is 2.16. The molecule has 9 atom stereocenters. The molecule has 4 nitrogen and oxygen atoms in total. The first-order chi connectivity index (χ1) is 17.1. The van der Waals surface area contributed by atoms with Gasteiger partial charge >= 0.3 is 0 Å². The largest absolute Gasteiger partial charge is 0.353 e. The van der Waals surface area contributed by atoms with Crippen molar-refractivity contribution in [1.82, 2.24) is 0 Å². The zero-order valence-corrected chi connectivity index (χ0v) is 23.2. The predicted octanol–water partition coefficient (Wildman–Crippen LogP) is 7.66. The highest BCUT2D eigenvalue weighted by Gasteiger charge is 2.60. The third kappa shape index (κ3) is 4.64. The minimum atomic E-state index is 0.0175. The van der Waals surface area contributed by atoms with Gasteiger partial charge in [0.2, 0.25) is 0 Å². The fourth-order valence-corrected chi connectivity index (χ4v) is 9.55. The van der Waals surface area contributed by atoms with Crippen molar-refractivity contribution >= 4 is 15.9 Å². The summed E-state index contributed by atoms with van der Waals surface area (Å²) in [5.74, 6) is 2.27. The molecule has 6 rings (SSSR count). The molecule has 0 aromatic carbocycles. The summed E-state index contributed by atoms with van der Waals surface area (Å²) in [6.45, 7) is 4.28. The Labute approximate surface area is 220 Å². The average molecular weight is 550 g/mol. The number of hydrogen-bond acceptors (Lipinski definition) is 4. The van der Waals surface area contributed by atoms with Crippen molar-refractivity contribution in [3.63, 3.8) is 0 Å². The topological polar surface area (TPSA) is 36.9 Å². The first-order valence-electron chi connectivity index (χ1n) is 14.6. The van der Waals surface area contributed by atoms with E-state index in [2.05, 4.69) is 40.0 Å². The van der Waals surface area contributed by atoms with E-state index < -0.39 is 0 Å². The zero-order valence-electron chi connectivity index (χ0n) is 21.6. The number of ether oxygens (including phenoxy) is 4. The third-order valence-corrected chi connectivity index (χ3v) is 11.1. The molecule has 2 heterocycles. The van der Waals surface area contributed by atoms with Crippen LogP contribution in [0.1, 0.15) is 96.8 Å². The summed E-state index contributed by atoms with van der Waals surface area (Å²) < 4.78 is 25.1. The van der Waals surface area contributed by atoms with Crippen LogP contribution in [0.15, 0.2) is 22.7 Å². The van der Waals surface area contributed by atoms with Gasteiger partial charge in [-0.15, -0.1) is 0 Å². The van der Waals surface area contributed by atoms with Crippen molar-refractivity contribution in [3.8, 4) is 0 Å². The van der Waals surface area contributed by atoms with E-state index in [1.165, 1.54) is 64.2 Å². The van der Waals surface area contributed by atoms with Crippen LogP contribution in [0.3, 0.4) is 0 Å². The highest BCUT2D eigenvalue weighted by atomic mass is 79.9. The Hall–Kier alpha value is -0.200. The number of halogens is 1. The van der Waals surface area contributed by atoms with Crippen molar-refractivity contribution in [2.75, 3.05) is 13.2 Å². The van der Waals surface area contributed by atoms with Crippen LogP contribution in [0.4, 0.5) is 0 Å². The minimum Gasteiger partial charge on any atom is -0.353 e. The molecule has 0 N–H and O–H groups in total. The van der Waals surface area contributed by atoms with E-state index in [0.29, 0.717) is 17.6 Å². The zero-order chi connectivity index (χ0) is 23.9. The van der Waals surface area contributed by atoms with Crippen molar-refractivity contribution < 1.29 is 18.9 Å². The van der Waals surface area contributed by atoms with Gasteiger partial charge in [0.05, 0.1) is 12.2 Å². The molecule has 5 unspecified atom stereocenters. The fraction of sp³-hybridized carbons (Fsp3) is 0.867. The van der Waals surface area contributed by atoms with E-state index in [1.807, 2.05) is 0 Å². The standard InChI is InChI=1S/C30H45BrO4/c1-29-14-13-25-23(24(29)10-11-26(29)35-28-7-3-5-19-33-28)9-8-21-20-22(12-15-30(21,25)16-17-31)34-27-6-2-4-18-32-27/h8,16-17,22-28H,2-7,9-15,18-20H2,1H3/b17-16-/t22-,23?,24?,25?,26-,27?,28?,29-,30+/m0/s1. The Bertz CT molecular complexity index is 800. The van der Waals surface area contributed by atoms with Crippen molar-refractivity contribution in [1.29, 1.82) is 0 Å². The van der Waals surface area contributed by atoms with Gasteiger partial charge < -0.3 is 18.9 Å². The molecule has 4 aliphatic carbocycles. The van der Waals surface area contributed by atoms with Gasteiger partial charge in [-0.1, -0.05) is 40.6 Å². The van der Waals surface area contributed by atoms with E-state index in [9.17, 15) is 0 Å². The quantitative estimate of drug-likeness (QED) is 0.330. The molecular weight excluding hydrogens is 504 g/mol. The van der Waals surface area contributed by atoms with E-state index in [1.54, 1.807) is 5.57 Å². The SMILES string of the molecule is C[C@]12CCC3C(CC=C4C[C@@H](OC5CCCCO5)CC[C@@]43/C=C\Br)C1CC[C@@H]2OC1CCCCO1. The van der Waals surface area contributed by atoms with Crippen LogP contribution in [0.2, 0.25) is 0 Å². The van der Waals surface area contributed by atoms with E-state index in [0.717, 1.165) is 56.7 Å². The van der Waals surface area contributed by atoms with Gasteiger partial charge in [-0.05, 0) is 118 Å². The molecule has 0 radical (unpaired) electrons. The third-order valence-electron chi connectivity index (χ3n) is 10.9. The molecule has 2 saturated heterocycles. The summed E-state index contributed by atoms with van der Waals surface area (Å²) >= 11 is 3.69. The summed E-state index contributed by atoms with van der Waals surface area (Å²) in [7, 11) is 0. The normalized spacial score (nSPS) is 48.2. The monoisotopic (exact) mass is 548 g/mol. The van der Waals surface area contributed by atoms with Gasteiger partial charge in [0.25, 0.3) is 0 Å². The molecule has 5 heteroatoms. The van der Waals surface area contributed by atoms with Crippen LogP contribution in [-0.2, 0) is 18.9 Å². The smallest absolute Gasteiger partial charge is 0.157 e. The molecule has 3 saturated carbocycles. The summed E-state index contributed by atoms with van der Waals surface area (Å²) in [6.07, 6.45) is 22.6. The summed E-state index contributed by atoms with van der Waals surface area (Å²) in [6, 6.07) is 0. The number of hydrogen-bond donors (Lipinski definition) is 0. The number of rotatable bonds is 5. The summed E-state index contributed by atoms with van der Waals surface area (Å²) in [5, 5.41) is 0. The van der Waals surface area contributed by atoms with E-state index in [-0.39, 0.29) is 18.0 Å². The number of allylic oxidation sites excluding steroid dienone is 2. The van der Waals surface area contributed by atoms with Crippen LogP contribution in [0.25, 0.3) is 0 Å². The van der Waals surface area contributed by atoms with E-state index >= 15 is 0 Å². The van der Waals surface area contributed by atoms with Gasteiger partial charge in [0, 0.05) is 18.6 Å². The van der Waals surface area contributed by atoms with Gasteiger partial charge in [-0.3, -0.25) is 0 Å². The molecule has 0 amide bonds. The highest BCUT2D eigenvalue weighted by Crippen LogP contribution is 2.66. The van der Waals surface area contributed by atoms with Crippen LogP contribution < -0.4 is 0 Å². The van der Waals surface area contributed by atoms with Crippen LogP contribution in [0, 0.1) is 28.6 Å². The fourth-order valence-electron chi connectivity index (χ4n) is 9.08. The Morgan fingerprint density at radius 1 is 0.886 bits per heavy atom. The maximum absolute atomic E-state index is 6.68. The lowest BCUT2D eigenvalue weighted by atomic mass is 9.47. The van der Waals surface area contributed by atoms with Crippen molar-refractivity contribution in [2.45, 2.75) is 122 Å². The van der Waals surface area contributed by atoms with Gasteiger partial charge in [-0.2, -0.15) is 0 Å². The molecular formula is C30H45BrO4. The van der Waals surface area contributed by atoms with Crippen LogP contribution in [-0.4, -0.2) is 38.0 Å². The Kier molecular flexibility index (Phi) is 7.54. The molecule has 2 aliphatic heterocycles. The molecule has 35 heavy (non-hydrogen) atoms. The Morgan fingerprint density at radius 2 is 1.66 bits per heavy atom. The first kappa shape index (κ1) is 25.1.